The predicted molar refractivity (Wildman–Crippen MR) is 66.6 cm³/mol. The smallest absolute Gasteiger partial charge is 0.140 e. The van der Waals surface area contributed by atoms with Gasteiger partial charge in [0.2, 0.25) is 0 Å². The number of benzene rings is 1. The molecule has 0 spiro atoms. The van der Waals surface area contributed by atoms with Crippen LogP contribution in [0.1, 0.15) is 18.1 Å². The van der Waals surface area contributed by atoms with Gasteiger partial charge in [-0.25, -0.2) is 4.68 Å². The average molecular weight is 236 g/mol. The molecule has 2 aromatic rings. The number of hydrogen-bond acceptors (Lipinski definition) is 2. The van der Waals surface area contributed by atoms with E-state index in [4.69, 9.17) is 17.3 Å². The monoisotopic (exact) mass is 235 g/mol. The molecule has 0 radical (unpaired) electrons. The number of hydrogen-bond donors (Lipinski definition) is 1. The van der Waals surface area contributed by atoms with Crippen LogP contribution in [-0.2, 0) is 13.0 Å². The number of halogens is 1. The second kappa shape index (κ2) is 4.58. The van der Waals surface area contributed by atoms with Crippen LogP contribution in [0.25, 0.3) is 0 Å². The van der Waals surface area contributed by atoms with Gasteiger partial charge in [0.05, 0.1) is 12.7 Å². The Balaban J connectivity index is 2.30. The summed E-state index contributed by atoms with van der Waals surface area (Å²) in [7, 11) is 0. The Hall–Kier alpha value is -1.48. The van der Waals surface area contributed by atoms with E-state index in [1.165, 1.54) is 11.1 Å². The van der Waals surface area contributed by atoms with Gasteiger partial charge >= 0.3 is 0 Å². The van der Waals surface area contributed by atoms with Crippen molar-refractivity contribution in [3.8, 4) is 0 Å². The highest BCUT2D eigenvalue weighted by molar-refractivity contribution is 6.32. The molecule has 1 aromatic heterocycles. The highest BCUT2D eigenvalue weighted by Crippen LogP contribution is 2.19. The second-order valence-corrected chi connectivity index (χ2v) is 4.06. The van der Waals surface area contributed by atoms with Crippen LogP contribution in [-0.4, -0.2) is 9.78 Å². The van der Waals surface area contributed by atoms with Crippen LogP contribution in [0.4, 0.5) is 5.82 Å². The van der Waals surface area contributed by atoms with E-state index in [0.717, 1.165) is 6.42 Å². The molecular formula is C12H14ClN3. The molecule has 16 heavy (non-hydrogen) atoms. The maximum atomic E-state index is 5.86. The highest BCUT2D eigenvalue weighted by atomic mass is 35.5. The molecule has 1 aromatic carbocycles. The predicted octanol–water partition coefficient (Wildman–Crippen LogP) is 2.73. The summed E-state index contributed by atoms with van der Waals surface area (Å²) in [6.45, 7) is 2.81. The van der Waals surface area contributed by atoms with Crippen LogP contribution in [0, 0.1) is 0 Å². The minimum absolute atomic E-state index is 0.508. The van der Waals surface area contributed by atoms with Crippen molar-refractivity contribution in [3.05, 3.63) is 46.6 Å². The number of rotatable bonds is 3. The van der Waals surface area contributed by atoms with Crippen molar-refractivity contribution in [1.29, 1.82) is 0 Å². The highest BCUT2D eigenvalue weighted by Gasteiger charge is 2.07. The standard InChI is InChI=1S/C12H14ClN3/c1-2-9-5-3-4-6-10(9)8-16-12(14)11(13)7-15-16/h3-7H,2,8,14H2,1H3. The van der Waals surface area contributed by atoms with Crippen molar-refractivity contribution < 1.29 is 0 Å². The molecule has 0 bridgehead atoms. The summed E-state index contributed by atoms with van der Waals surface area (Å²) >= 11 is 5.86. The van der Waals surface area contributed by atoms with Gasteiger partial charge in [0.25, 0.3) is 0 Å². The molecule has 0 saturated heterocycles. The van der Waals surface area contributed by atoms with Gasteiger partial charge in [-0.3, -0.25) is 0 Å². The van der Waals surface area contributed by atoms with Gasteiger partial charge in [0.15, 0.2) is 0 Å². The molecule has 0 amide bonds. The Morgan fingerprint density at radius 3 is 2.56 bits per heavy atom. The molecule has 0 saturated carbocycles. The third kappa shape index (κ3) is 2.04. The third-order valence-corrected chi connectivity index (χ3v) is 2.94. The molecule has 3 nitrogen and oxygen atoms in total. The number of anilines is 1. The van der Waals surface area contributed by atoms with E-state index in [1.54, 1.807) is 10.9 Å². The summed E-state index contributed by atoms with van der Waals surface area (Å²) in [4.78, 5) is 0. The topological polar surface area (TPSA) is 43.8 Å². The summed E-state index contributed by atoms with van der Waals surface area (Å²) in [5.41, 5.74) is 8.36. The molecule has 4 heteroatoms. The minimum atomic E-state index is 0.508. The van der Waals surface area contributed by atoms with Crippen LogP contribution < -0.4 is 5.73 Å². The molecule has 0 aliphatic carbocycles. The zero-order chi connectivity index (χ0) is 11.5. The number of nitrogens with zero attached hydrogens (tertiary/aromatic N) is 2. The zero-order valence-electron chi connectivity index (χ0n) is 9.15. The lowest BCUT2D eigenvalue weighted by molar-refractivity contribution is 0.692. The first kappa shape index (κ1) is 11.0. The molecule has 2 rings (SSSR count). The van der Waals surface area contributed by atoms with Gasteiger partial charge in [-0.1, -0.05) is 42.8 Å². The molecule has 0 fully saturated rings. The lowest BCUT2D eigenvalue weighted by Crippen LogP contribution is -2.07. The van der Waals surface area contributed by atoms with E-state index in [-0.39, 0.29) is 0 Å². The molecule has 0 atom stereocenters. The van der Waals surface area contributed by atoms with Crippen LogP contribution >= 0.6 is 11.6 Å². The van der Waals surface area contributed by atoms with Gasteiger partial charge < -0.3 is 5.73 Å². The second-order valence-electron chi connectivity index (χ2n) is 3.66. The molecular weight excluding hydrogens is 222 g/mol. The SMILES string of the molecule is CCc1ccccc1Cn1ncc(Cl)c1N. The third-order valence-electron chi connectivity index (χ3n) is 2.65. The molecule has 0 aliphatic rings. The van der Waals surface area contributed by atoms with E-state index < -0.39 is 0 Å². The van der Waals surface area contributed by atoms with Crippen LogP contribution in [0.5, 0.6) is 0 Å². The van der Waals surface area contributed by atoms with E-state index in [2.05, 4.69) is 24.2 Å². The molecule has 0 unspecified atom stereocenters. The Morgan fingerprint density at radius 1 is 1.31 bits per heavy atom. The fraction of sp³-hybridized carbons (Fsp3) is 0.250. The van der Waals surface area contributed by atoms with Crippen LogP contribution in [0.3, 0.4) is 0 Å². The summed E-state index contributed by atoms with van der Waals surface area (Å²) < 4.78 is 1.72. The molecule has 84 valence electrons. The Kier molecular flexibility index (Phi) is 3.15. The van der Waals surface area contributed by atoms with Crippen molar-refractivity contribution in [2.24, 2.45) is 0 Å². The minimum Gasteiger partial charge on any atom is -0.383 e. The lowest BCUT2D eigenvalue weighted by atomic mass is 10.1. The van der Waals surface area contributed by atoms with Crippen molar-refractivity contribution in [3.63, 3.8) is 0 Å². The van der Waals surface area contributed by atoms with E-state index >= 15 is 0 Å². The summed E-state index contributed by atoms with van der Waals surface area (Å²) in [6.07, 6.45) is 2.58. The Labute approximate surface area is 99.8 Å². The Morgan fingerprint density at radius 2 is 2.00 bits per heavy atom. The number of nitrogen functional groups attached to an aromatic ring is 1. The molecule has 0 aliphatic heterocycles. The van der Waals surface area contributed by atoms with Gasteiger partial charge in [0, 0.05) is 0 Å². The summed E-state index contributed by atoms with van der Waals surface area (Å²) in [6, 6.07) is 8.28. The first-order chi connectivity index (χ1) is 7.72. The van der Waals surface area contributed by atoms with Gasteiger partial charge in [-0.15, -0.1) is 0 Å². The fourth-order valence-corrected chi connectivity index (χ4v) is 1.86. The number of aromatic nitrogens is 2. The molecule has 2 N–H and O–H groups in total. The van der Waals surface area contributed by atoms with E-state index in [0.29, 0.717) is 17.4 Å². The maximum absolute atomic E-state index is 5.86. The fourth-order valence-electron chi connectivity index (χ4n) is 1.72. The largest absolute Gasteiger partial charge is 0.383 e. The first-order valence-electron chi connectivity index (χ1n) is 5.26. The van der Waals surface area contributed by atoms with E-state index in [9.17, 15) is 0 Å². The number of nitrogens with two attached hydrogens (primary N) is 1. The maximum Gasteiger partial charge on any atom is 0.140 e. The van der Waals surface area contributed by atoms with Crippen molar-refractivity contribution in [2.45, 2.75) is 19.9 Å². The zero-order valence-corrected chi connectivity index (χ0v) is 9.91. The van der Waals surface area contributed by atoms with Crippen molar-refractivity contribution in [1.82, 2.24) is 9.78 Å². The number of aryl methyl sites for hydroxylation is 1. The van der Waals surface area contributed by atoms with Gasteiger partial charge in [0.1, 0.15) is 10.8 Å². The normalized spacial score (nSPS) is 10.6. The van der Waals surface area contributed by atoms with Crippen LogP contribution in [0.2, 0.25) is 5.02 Å². The van der Waals surface area contributed by atoms with Crippen LogP contribution in [0.15, 0.2) is 30.5 Å². The quantitative estimate of drug-likeness (QED) is 0.889. The van der Waals surface area contributed by atoms with Gasteiger partial charge in [-0.2, -0.15) is 5.10 Å². The summed E-state index contributed by atoms with van der Waals surface area (Å²) in [5, 5.41) is 4.65. The Bertz CT molecular complexity index is 491. The first-order valence-corrected chi connectivity index (χ1v) is 5.63. The molecule has 1 heterocycles. The van der Waals surface area contributed by atoms with Crippen molar-refractivity contribution >= 4 is 17.4 Å². The average Bonchev–Trinajstić information content (AvgIpc) is 2.62. The van der Waals surface area contributed by atoms with E-state index in [1.807, 2.05) is 12.1 Å². The van der Waals surface area contributed by atoms with Crippen molar-refractivity contribution in [2.75, 3.05) is 5.73 Å². The lowest BCUT2D eigenvalue weighted by Gasteiger charge is -2.08. The van der Waals surface area contributed by atoms with Gasteiger partial charge in [-0.05, 0) is 17.5 Å². The summed E-state index contributed by atoms with van der Waals surface area (Å²) in [5.74, 6) is 0.521.